The number of carboxylic acid groups (broad SMARTS) is 1. The van der Waals surface area contributed by atoms with Gasteiger partial charge in [-0.25, -0.2) is 4.79 Å². The Morgan fingerprint density at radius 2 is 1.86 bits per heavy atom. The number of aliphatic carboxylic acids is 1. The maximum Gasteiger partial charge on any atom is 0.451 e. The summed E-state index contributed by atoms with van der Waals surface area (Å²) in [6.07, 6.45) is 0.889. The van der Waals surface area contributed by atoms with E-state index in [0.717, 1.165) is 0 Å². The summed E-state index contributed by atoms with van der Waals surface area (Å²) in [5.74, 6) is -2.32. The Hall–Kier alpha value is -1.16. The first kappa shape index (κ1) is 19.8. The number of amides is 1. The molecule has 8 N–H and O–H groups in total. The number of hydrogen-bond donors (Lipinski definition) is 6. The van der Waals surface area contributed by atoms with Gasteiger partial charge in [-0.15, -0.1) is 0 Å². The van der Waals surface area contributed by atoms with Crippen molar-refractivity contribution >= 4 is 19.0 Å². The number of rotatable bonds is 10. The zero-order chi connectivity index (χ0) is 16.6. The van der Waals surface area contributed by atoms with Crippen molar-refractivity contribution in [3.63, 3.8) is 0 Å². The number of nitrogens with one attached hydrogen (secondary N) is 1. The zero-order valence-electron chi connectivity index (χ0n) is 12.5. The second-order valence-corrected chi connectivity index (χ2v) is 5.50. The molecule has 3 atom stereocenters. The third kappa shape index (κ3) is 7.42. The Bertz CT molecular complexity index is 341. The predicted molar refractivity (Wildman–Crippen MR) is 79.2 cm³/mol. The lowest BCUT2D eigenvalue weighted by Crippen LogP contribution is -2.54. The van der Waals surface area contributed by atoms with Crippen molar-refractivity contribution in [1.29, 1.82) is 0 Å². The van der Waals surface area contributed by atoms with Gasteiger partial charge in [-0.2, -0.15) is 0 Å². The van der Waals surface area contributed by atoms with Gasteiger partial charge < -0.3 is 31.9 Å². The third-order valence-corrected chi connectivity index (χ3v) is 3.40. The lowest BCUT2D eigenvalue weighted by atomic mass is 9.81. The van der Waals surface area contributed by atoms with Crippen LogP contribution >= 0.6 is 0 Å². The maximum absolute atomic E-state index is 11.9. The SMILES string of the molecule is CC(C)[C@H](N)C(=O)N[C@H](C(=O)O)[C@H](CN)CCCB(O)O. The van der Waals surface area contributed by atoms with E-state index in [2.05, 4.69) is 5.32 Å². The minimum Gasteiger partial charge on any atom is -0.480 e. The Morgan fingerprint density at radius 1 is 1.29 bits per heavy atom. The number of carboxylic acids is 1. The molecule has 0 aromatic heterocycles. The molecule has 0 bridgehead atoms. The fourth-order valence-corrected chi connectivity index (χ4v) is 1.92. The summed E-state index contributed by atoms with van der Waals surface area (Å²) in [6.45, 7) is 3.60. The molecule has 1 amide bonds. The largest absolute Gasteiger partial charge is 0.480 e. The van der Waals surface area contributed by atoms with Gasteiger partial charge in [-0.1, -0.05) is 20.3 Å². The Kier molecular flexibility index (Phi) is 9.19. The molecule has 0 aliphatic rings. The molecule has 8 nitrogen and oxygen atoms in total. The molecule has 0 saturated heterocycles. The highest BCUT2D eigenvalue weighted by Crippen LogP contribution is 2.14. The van der Waals surface area contributed by atoms with Crippen LogP contribution in [0.1, 0.15) is 26.7 Å². The van der Waals surface area contributed by atoms with Crippen LogP contribution in [-0.2, 0) is 9.59 Å². The molecular formula is C12H26BN3O5. The third-order valence-electron chi connectivity index (χ3n) is 3.40. The Balaban J connectivity index is 4.69. The first-order valence-corrected chi connectivity index (χ1v) is 7.05. The van der Waals surface area contributed by atoms with Crippen molar-refractivity contribution < 1.29 is 24.7 Å². The van der Waals surface area contributed by atoms with Crippen LogP contribution in [-0.4, -0.2) is 52.8 Å². The van der Waals surface area contributed by atoms with Crippen molar-refractivity contribution in [2.24, 2.45) is 23.3 Å². The van der Waals surface area contributed by atoms with E-state index in [1.807, 2.05) is 0 Å². The number of hydrogen-bond acceptors (Lipinski definition) is 6. The van der Waals surface area contributed by atoms with Gasteiger partial charge in [-0.3, -0.25) is 4.79 Å². The average Bonchev–Trinajstić information content (AvgIpc) is 2.39. The van der Waals surface area contributed by atoms with Crippen molar-refractivity contribution in [2.75, 3.05) is 6.54 Å². The quantitative estimate of drug-likeness (QED) is 0.264. The Labute approximate surface area is 125 Å². The normalized spacial score (nSPS) is 15.4. The van der Waals surface area contributed by atoms with Gasteiger partial charge in [-0.05, 0) is 25.2 Å². The van der Waals surface area contributed by atoms with E-state index in [4.69, 9.17) is 21.5 Å². The van der Waals surface area contributed by atoms with Crippen molar-refractivity contribution in [1.82, 2.24) is 5.32 Å². The Morgan fingerprint density at radius 3 is 2.24 bits per heavy atom. The van der Waals surface area contributed by atoms with Gasteiger partial charge in [0.2, 0.25) is 5.91 Å². The summed E-state index contributed by atoms with van der Waals surface area (Å²) >= 11 is 0. The van der Waals surface area contributed by atoms with Crippen molar-refractivity contribution in [3.8, 4) is 0 Å². The smallest absolute Gasteiger partial charge is 0.451 e. The zero-order valence-corrected chi connectivity index (χ0v) is 12.5. The summed E-state index contributed by atoms with van der Waals surface area (Å²) in [6, 6.07) is -1.92. The van der Waals surface area contributed by atoms with Crippen molar-refractivity contribution in [3.05, 3.63) is 0 Å². The molecule has 0 radical (unpaired) electrons. The lowest BCUT2D eigenvalue weighted by molar-refractivity contribution is -0.143. The van der Waals surface area contributed by atoms with E-state index < -0.39 is 37.0 Å². The topological polar surface area (TPSA) is 159 Å². The van der Waals surface area contributed by atoms with E-state index in [0.29, 0.717) is 12.8 Å². The molecule has 0 aliphatic carbocycles. The molecule has 0 saturated carbocycles. The van der Waals surface area contributed by atoms with Gasteiger partial charge in [0.05, 0.1) is 6.04 Å². The highest BCUT2D eigenvalue weighted by molar-refractivity contribution is 6.40. The average molecular weight is 303 g/mol. The first-order chi connectivity index (χ1) is 9.70. The van der Waals surface area contributed by atoms with E-state index in [1.165, 1.54) is 0 Å². The molecular weight excluding hydrogens is 277 g/mol. The molecule has 0 spiro atoms. The maximum atomic E-state index is 11.9. The van der Waals surface area contributed by atoms with Gasteiger partial charge in [0.1, 0.15) is 6.04 Å². The highest BCUT2D eigenvalue weighted by atomic mass is 16.4. The molecule has 0 aliphatic heterocycles. The van der Waals surface area contributed by atoms with Crippen molar-refractivity contribution in [2.45, 2.75) is 45.1 Å². The van der Waals surface area contributed by atoms with E-state index in [1.54, 1.807) is 13.8 Å². The number of carbonyl (C=O) groups excluding carboxylic acids is 1. The molecule has 0 aromatic rings. The predicted octanol–water partition coefficient (Wildman–Crippen LogP) is -1.63. The first-order valence-electron chi connectivity index (χ1n) is 7.05. The van der Waals surface area contributed by atoms with Gasteiger partial charge in [0.25, 0.3) is 0 Å². The second-order valence-electron chi connectivity index (χ2n) is 5.50. The monoisotopic (exact) mass is 303 g/mol. The fraction of sp³-hybridized carbons (Fsp3) is 0.833. The van der Waals surface area contributed by atoms with Gasteiger partial charge in [0.15, 0.2) is 0 Å². The standard InChI is InChI=1S/C12H26BN3O5/c1-7(2)9(15)11(17)16-10(12(18)19)8(6-14)4-3-5-13(20)21/h7-10,20-21H,3-6,14-15H2,1-2H3,(H,16,17)(H,18,19)/t8-,9-,10-/m0/s1. The second kappa shape index (κ2) is 9.72. The van der Waals surface area contributed by atoms with Crippen LogP contribution in [0, 0.1) is 11.8 Å². The molecule has 21 heavy (non-hydrogen) atoms. The summed E-state index contributed by atoms with van der Waals surface area (Å²) in [5.41, 5.74) is 11.3. The minimum absolute atomic E-state index is 0.0652. The molecule has 0 aromatic carbocycles. The molecule has 0 heterocycles. The van der Waals surface area contributed by atoms with Gasteiger partial charge >= 0.3 is 13.1 Å². The molecule has 0 unspecified atom stereocenters. The molecule has 9 heteroatoms. The van der Waals surface area contributed by atoms with Crippen LogP contribution in [0.2, 0.25) is 6.32 Å². The highest BCUT2D eigenvalue weighted by Gasteiger charge is 2.31. The lowest BCUT2D eigenvalue weighted by Gasteiger charge is -2.26. The summed E-state index contributed by atoms with van der Waals surface area (Å²) < 4.78 is 0. The van der Waals surface area contributed by atoms with Crippen LogP contribution < -0.4 is 16.8 Å². The minimum atomic E-state index is -1.43. The fourth-order valence-electron chi connectivity index (χ4n) is 1.92. The summed E-state index contributed by atoms with van der Waals surface area (Å²) in [5, 5.41) is 29.2. The van der Waals surface area contributed by atoms with Crippen LogP contribution in [0.5, 0.6) is 0 Å². The van der Waals surface area contributed by atoms with E-state index >= 15 is 0 Å². The van der Waals surface area contributed by atoms with Crippen LogP contribution in [0.15, 0.2) is 0 Å². The van der Waals surface area contributed by atoms with E-state index in [9.17, 15) is 14.7 Å². The number of nitrogens with two attached hydrogens (primary N) is 2. The van der Waals surface area contributed by atoms with Crippen LogP contribution in [0.3, 0.4) is 0 Å². The van der Waals surface area contributed by atoms with E-state index in [-0.39, 0.29) is 18.8 Å². The molecule has 0 rings (SSSR count). The van der Waals surface area contributed by atoms with Crippen LogP contribution in [0.25, 0.3) is 0 Å². The number of carbonyl (C=O) groups is 2. The summed E-state index contributed by atoms with van der Waals surface area (Å²) in [4.78, 5) is 23.2. The summed E-state index contributed by atoms with van der Waals surface area (Å²) in [7, 11) is -1.43. The van der Waals surface area contributed by atoms with Crippen LogP contribution in [0.4, 0.5) is 0 Å². The van der Waals surface area contributed by atoms with Gasteiger partial charge in [0, 0.05) is 5.92 Å². The molecule has 0 fully saturated rings. The molecule has 122 valence electrons.